The number of hydrogen-bond acceptors (Lipinski definition) is 5. The first-order valence-corrected chi connectivity index (χ1v) is 11.1. The Morgan fingerprint density at radius 3 is 2.54 bits per heavy atom. The van der Waals surface area contributed by atoms with E-state index in [9.17, 15) is 13.2 Å². The van der Waals surface area contributed by atoms with Gasteiger partial charge >= 0.3 is 5.97 Å². The fourth-order valence-electron chi connectivity index (χ4n) is 3.15. The summed E-state index contributed by atoms with van der Waals surface area (Å²) in [6.45, 7) is 1.67. The summed E-state index contributed by atoms with van der Waals surface area (Å²) in [6, 6.07) is 14.4. The Kier molecular flexibility index (Phi) is 5.86. The van der Waals surface area contributed by atoms with E-state index in [1.54, 1.807) is 6.92 Å². The second-order valence-corrected chi connectivity index (χ2v) is 9.24. The first-order valence-electron chi connectivity index (χ1n) is 9.05. The number of aromatic amines is 1. The molecule has 1 aromatic heterocycles. The molecular weight excluding hydrogens is 376 g/mol. The standard InChI is InChI=1S/C21H24N2O4S/c1-14(11-12-28(2,25)26)27-21(24)20(22)17-9-4-3-7-15(17)18-13-23-19-10-6-5-8-16(18)19/h3-10,13-14,20,23H,11-12,22H2,1-2H3/t14-,20-/m0/s1. The number of nitrogens with one attached hydrogen (secondary N) is 1. The number of sulfone groups is 1. The van der Waals surface area contributed by atoms with Crippen LogP contribution in [-0.4, -0.2) is 37.5 Å². The molecule has 0 unspecified atom stereocenters. The third-order valence-corrected chi connectivity index (χ3v) is 5.62. The number of fused-ring (bicyclic) bond motifs is 1. The molecule has 0 fully saturated rings. The maximum absolute atomic E-state index is 12.6. The third-order valence-electron chi connectivity index (χ3n) is 4.64. The van der Waals surface area contributed by atoms with Gasteiger partial charge in [0.1, 0.15) is 22.0 Å². The van der Waals surface area contributed by atoms with E-state index in [-0.39, 0.29) is 12.2 Å². The van der Waals surface area contributed by atoms with Gasteiger partial charge in [-0.05, 0) is 30.5 Å². The summed E-state index contributed by atoms with van der Waals surface area (Å²) < 4.78 is 28.0. The first kappa shape index (κ1) is 20.1. The number of H-pyrrole nitrogens is 1. The van der Waals surface area contributed by atoms with Gasteiger partial charge in [0.05, 0.1) is 5.75 Å². The van der Waals surface area contributed by atoms with Crippen LogP contribution in [0.15, 0.2) is 54.7 Å². The van der Waals surface area contributed by atoms with Crippen LogP contribution in [0, 0.1) is 0 Å². The molecule has 148 valence electrons. The highest BCUT2D eigenvalue weighted by molar-refractivity contribution is 7.90. The third kappa shape index (κ3) is 4.61. The molecule has 0 radical (unpaired) electrons. The van der Waals surface area contributed by atoms with Gasteiger partial charge < -0.3 is 15.5 Å². The summed E-state index contributed by atoms with van der Waals surface area (Å²) >= 11 is 0. The molecule has 7 heteroatoms. The average Bonchev–Trinajstić information content (AvgIpc) is 3.09. The Bertz CT molecular complexity index is 1090. The zero-order chi connectivity index (χ0) is 20.3. The number of ether oxygens (including phenoxy) is 1. The van der Waals surface area contributed by atoms with Crippen molar-refractivity contribution in [2.75, 3.05) is 12.0 Å². The van der Waals surface area contributed by atoms with E-state index in [0.29, 0.717) is 5.56 Å². The fraction of sp³-hybridized carbons (Fsp3) is 0.286. The van der Waals surface area contributed by atoms with Gasteiger partial charge in [0.15, 0.2) is 0 Å². The Morgan fingerprint density at radius 2 is 1.79 bits per heavy atom. The lowest BCUT2D eigenvalue weighted by molar-refractivity contribution is -0.150. The molecule has 3 N–H and O–H groups in total. The maximum atomic E-state index is 12.6. The van der Waals surface area contributed by atoms with E-state index in [1.807, 2.05) is 54.7 Å². The van der Waals surface area contributed by atoms with Crippen molar-refractivity contribution in [1.82, 2.24) is 4.98 Å². The second-order valence-electron chi connectivity index (χ2n) is 6.98. The molecule has 2 aromatic carbocycles. The van der Waals surface area contributed by atoms with Crippen LogP contribution in [0.1, 0.15) is 24.9 Å². The summed E-state index contributed by atoms with van der Waals surface area (Å²) in [5.41, 5.74) is 9.69. The van der Waals surface area contributed by atoms with Crippen LogP contribution in [0.3, 0.4) is 0 Å². The van der Waals surface area contributed by atoms with Gasteiger partial charge in [0.2, 0.25) is 0 Å². The molecule has 0 saturated heterocycles. The summed E-state index contributed by atoms with van der Waals surface area (Å²) in [5, 5.41) is 1.04. The molecule has 3 rings (SSSR count). The number of nitrogens with two attached hydrogens (primary N) is 1. The number of benzene rings is 2. The van der Waals surface area contributed by atoms with E-state index < -0.39 is 28.0 Å². The zero-order valence-electron chi connectivity index (χ0n) is 15.9. The SMILES string of the molecule is C[C@@H](CCS(C)(=O)=O)OC(=O)[C@@H](N)c1ccccc1-c1c[nH]c2ccccc12. The molecular formula is C21H24N2O4S. The summed E-state index contributed by atoms with van der Waals surface area (Å²) in [5.74, 6) is -0.615. The van der Waals surface area contributed by atoms with Crippen molar-refractivity contribution in [3.8, 4) is 11.1 Å². The van der Waals surface area contributed by atoms with Crippen LogP contribution in [0.5, 0.6) is 0 Å². The molecule has 0 bridgehead atoms. The lowest BCUT2D eigenvalue weighted by Crippen LogP contribution is -2.28. The van der Waals surface area contributed by atoms with E-state index in [2.05, 4.69) is 4.98 Å². The van der Waals surface area contributed by atoms with Crippen LogP contribution >= 0.6 is 0 Å². The van der Waals surface area contributed by atoms with Crippen LogP contribution in [0.4, 0.5) is 0 Å². The summed E-state index contributed by atoms with van der Waals surface area (Å²) in [7, 11) is -3.11. The Morgan fingerprint density at radius 1 is 1.11 bits per heavy atom. The lowest BCUT2D eigenvalue weighted by atomic mass is 9.95. The molecule has 0 saturated carbocycles. The van der Waals surface area contributed by atoms with E-state index in [1.165, 1.54) is 0 Å². The lowest BCUT2D eigenvalue weighted by Gasteiger charge is -2.19. The molecule has 0 aliphatic carbocycles. The van der Waals surface area contributed by atoms with Crippen molar-refractivity contribution >= 4 is 26.7 Å². The minimum Gasteiger partial charge on any atom is -0.461 e. The zero-order valence-corrected chi connectivity index (χ0v) is 16.7. The monoisotopic (exact) mass is 400 g/mol. The fourth-order valence-corrected chi connectivity index (χ4v) is 3.91. The average molecular weight is 401 g/mol. The highest BCUT2D eigenvalue weighted by Gasteiger charge is 2.24. The quantitative estimate of drug-likeness (QED) is 0.593. The molecule has 3 aromatic rings. The van der Waals surface area contributed by atoms with Crippen molar-refractivity contribution < 1.29 is 17.9 Å². The van der Waals surface area contributed by atoms with Gasteiger partial charge in [-0.1, -0.05) is 42.5 Å². The van der Waals surface area contributed by atoms with Crippen molar-refractivity contribution in [3.63, 3.8) is 0 Å². The molecule has 6 nitrogen and oxygen atoms in total. The van der Waals surface area contributed by atoms with E-state index in [0.717, 1.165) is 28.3 Å². The number of aromatic nitrogens is 1. The number of para-hydroxylation sites is 1. The molecule has 0 spiro atoms. The van der Waals surface area contributed by atoms with Crippen molar-refractivity contribution in [1.29, 1.82) is 0 Å². The minimum absolute atomic E-state index is 0.0391. The summed E-state index contributed by atoms with van der Waals surface area (Å²) in [6.07, 6.45) is 2.76. The largest absolute Gasteiger partial charge is 0.461 e. The number of rotatable bonds is 7. The number of carbonyl (C=O) groups is 1. The van der Waals surface area contributed by atoms with Crippen LogP contribution in [-0.2, 0) is 19.4 Å². The molecule has 0 amide bonds. The van der Waals surface area contributed by atoms with Crippen molar-refractivity contribution in [2.45, 2.75) is 25.5 Å². The van der Waals surface area contributed by atoms with Gasteiger partial charge in [0, 0.05) is 28.9 Å². The molecule has 1 heterocycles. The maximum Gasteiger partial charge on any atom is 0.327 e. The normalized spacial score (nSPS) is 14.0. The van der Waals surface area contributed by atoms with Crippen LogP contribution in [0.2, 0.25) is 0 Å². The Labute approximate surface area is 164 Å². The molecule has 2 atom stereocenters. The molecule has 28 heavy (non-hydrogen) atoms. The van der Waals surface area contributed by atoms with Gasteiger partial charge in [-0.15, -0.1) is 0 Å². The van der Waals surface area contributed by atoms with Crippen molar-refractivity contribution in [2.24, 2.45) is 5.73 Å². The smallest absolute Gasteiger partial charge is 0.327 e. The highest BCUT2D eigenvalue weighted by atomic mass is 32.2. The number of hydrogen-bond donors (Lipinski definition) is 2. The summed E-state index contributed by atoms with van der Waals surface area (Å²) in [4.78, 5) is 15.8. The van der Waals surface area contributed by atoms with Crippen LogP contribution < -0.4 is 5.73 Å². The molecule has 0 aliphatic rings. The van der Waals surface area contributed by atoms with E-state index in [4.69, 9.17) is 10.5 Å². The van der Waals surface area contributed by atoms with Gasteiger partial charge in [-0.3, -0.25) is 0 Å². The first-order chi connectivity index (χ1) is 13.3. The van der Waals surface area contributed by atoms with Gasteiger partial charge in [-0.2, -0.15) is 0 Å². The number of carbonyl (C=O) groups excluding carboxylic acids is 1. The Hall–Kier alpha value is -2.64. The van der Waals surface area contributed by atoms with Gasteiger partial charge in [-0.25, -0.2) is 13.2 Å². The minimum atomic E-state index is -3.11. The molecule has 0 aliphatic heterocycles. The van der Waals surface area contributed by atoms with Gasteiger partial charge in [0.25, 0.3) is 0 Å². The Balaban J connectivity index is 1.83. The second kappa shape index (κ2) is 8.16. The predicted octanol–water partition coefficient (Wildman–Crippen LogP) is 3.20. The van der Waals surface area contributed by atoms with Crippen molar-refractivity contribution in [3.05, 3.63) is 60.3 Å². The number of esters is 1. The highest BCUT2D eigenvalue weighted by Crippen LogP contribution is 2.33. The predicted molar refractivity (Wildman–Crippen MR) is 111 cm³/mol. The van der Waals surface area contributed by atoms with E-state index >= 15 is 0 Å². The topological polar surface area (TPSA) is 102 Å². The van der Waals surface area contributed by atoms with Crippen LogP contribution in [0.25, 0.3) is 22.0 Å².